The third-order valence-corrected chi connectivity index (χ3v) is 2.67. The summed E-state index contributed by atoms with van der Waals surface area (Å²) in [6.45, 7) is 0. The zero-order chi connectivity index (χ0) is 11.3. The van der Waals surface area contributed by atoms with Crippen molar-refractivity contribution >= 4 is 22.1 Å². The standard InChI is InChI=1S/C10H13BrN2O2/c1-12-13-6-7-4-5-8(14-2)10(15-3)9(7)11/h4-6,12H,1-3H3/b13-6+. The summed E-state index contributed by atoms with van der Waals surface area (Å²) >= 11 is 3.44. The first-order valence-corrected chi connectivity index (χ1v) is 5.14. The molecule has 1 N–H and O–H groups in total. The number of methoxy groups -OCH3 is 2. The number of hydrazone groups is 1. The maximum Gasteiger partial charge on any atom is 0.175 e. The molecule has 1 aromatic carbocycles. The molecule has 0 aliphatic carbocycles. The number of ether oxygens (including phenoxy) is 2. The van der Waals surface area contributed by atoms with Gasteiger partial charge in [-0.15, -0.1) is 0 Å². The number of halogens is 1. The molecule has 4 nitrogen and oxygen atoms in total. The van der Waals surface area contributed by atoms with E-state index in [0.29, 0.717) is 11.5 Å². The molecule has 1 rings (SSSR count). The predicted octanol–water partition coefficient (Wildman–Crippen LogP) is 2.02. The number of rotatable bonds is 4. The highest BCUT2D eigenvalue weighted by Crippen LogP contribution is 2.36. The van der Waals surface area contributed by atoms with E-state index in [4.69, 9.17) is 9.47 Å². The molecule has 0 radical (unpaired) electrons. The molecule has 0 saturated heterocycles. The lowest BCUT2D eigenvalue weighted by atomic mass is 10.2. The van der Waals surface area contributed by atoms with Gasteiger partial charge in [0.15, 0.2) is 11.5 Å². The largest absolute Gasteiger partial charge is 0.493 e. The van der Waals surface area contributed by atoms with Gasteiger partial charge in [0.05, 0.1) is 24.9 Å². The van der Waals surface area contributed by atoms with Crippen LogP contribution < -0.4 is 14.9 Å². The average Bonchev–Trinajstić information content (AvgIpc) is 2.27. The summed E-state index contributed by atoms with van der Waals surface area (Å²) in [5.74, 6) is 1.35. The monoisotopic (exact) mass is 272 g/mol. The van der Waals surface area contributed by atoms with E-state index in [2.05, 4.69) is 26.5 Å². The molecule has 0 spiro atoms. The van der Waals surface area contributed by atoms with Gasteiger partial charge in [-0.25, -0.2) is 0 Å². The summed E-state index contributed by atoms with van der Waals surface area (Å²) in [5, 5.41) is 3.93. The van der Waals surface area contributed by atoms with Crippen molar-refractivity contribution in [1.82, 2.24) is 5.43 Å². The fourth-order valence-corrected chi connectivity index (χ4v) is 1.73. The minimum Gasteiger partial charge on any atom is -0.493 e. The summed E-state index contributed by atoms with van der Waals surface area (Å²) in [7, 11) is 4.94. The van der Waals surface area contributed by atoms with Crippen LogP contribution in [-0.4, -0.2) is 27.5 Å². The smallest absolute Gasteiger partial charge is 0.175 e. The summed E-state index contributed by atoms with van der Waals surface area (Å²) in [5.41, 5.74) is 3.60. The minimum absolute atomic E-state index is 0.664. The molecule has 5 heteroatoms. The van der Waals surface area contributed by atoms with Crippen LogP contribution in [0.2, 0.25) is 0 Å². The van der Waals surface area contributed by atoms with E-state index < -0.39 is 0 Å². The van der Waals surface area contributed by atoms with Crippen molar-refractivity contribution in [2.24, 2.45) is 5.10 Å². The SMILES string of the molecule is CN/N=C/c1ccc(OC)c(OC)c1Br. The molecule has 82 valence electrons. The third-order valence-electron chi connectivity index (χ3n) is 1.85. The van der Waals surface area contributed by atoms with Crippen LogP contribution in [0.3, 0.4) is 0 Å². The Morgan fingerprint density at radius 1 is 1.33 bits per heavy atom. The lowest BCUT2D eigenvalue weighted by Gasteiger charge is -2.10. The van der Waals surface area contributed by atoms with E-state index in [-0.39, 0.29) is 0 Å². The van der Waals surface area contributed by atoms with Crippen molar-refractivity contribution in [3.05, 3.63) is 22.2 Å². The third kappa shape index (κ3) is 2.62. The van der Waals surface area contributed by atoms with E-state index in [1.165, 1.54) is 0 Å². The average molecular weight is 273 g/mol. The normalized spacial score (nSPS) is 10.4. The van der Waals surface area contributed by atoms with Gasteiger partial charge >= 0.3 is 0 Å². The number of nitrogens with zero attached hydrogens (tertiary/aromatic N) is 1. The molecule has 0 saturated carbocycles. The number of hydrogen-bond acceptors (Lipinski definition) is 4. The van der Waals surface area contributed by atoms with Gasteiger partial charge in [-0.3, -0.25) is 0 Å². The molecule has 0 aliphatic heterocycles. The Morgan fingerprint density at radius 2 is 2.07 bits per heavy atom. The van der Waals surface area contributed by atoms with Gasteiger partial charge in [0, 0.05) is 12.6 Å². The summed E-state index contributed by atoms with van der Waals surface area (Å²) in [4.78, 5) is 0. The van der Waals surface area contributed by atoms with E-state index >= 15 is 0 Å². The topological polar surface area (TPSA) is 42.9 Å². The summed E-state index contributed by atoms with van der Waals surface area (Å²) in [6, 6.07) is 3.73. The van der Waals surface area contributed by atoms with Crippen molar-refractivity contribution < 1.29 is 9.47 Å². The molecule has 1 aromatic rings. The van der Waals surface area contributed by atoms with Crippen molar-refractivity contribution in [2.45, 2.75) is 0 Å². The Bertz CT molecular complexity index is 367. The second-order valence-corrected chi connectivity index (χ2v) is 3.48. The summed E-state index contributed by atoms with van der Waals surface area (Å²) < 4.78 is 11.2. The van der Waals surface area contributed by atoms with Gasteiger partial charge in [0.2, 0.25) is 0 Å². The van der Waals surface area contributed by atoms with E-state index in [0.717, 1.165) is 10.0 Å². The highest BCUT2D eigenvalue weighted by Gasteiger charge is 2.10. The van der Waals surface area contributed by atoms with Crippen LogP contribution in [0.1, 0.15) is 5.56 Å². The Labute approximate surface area is 97.4 Å². The zero-order valence-corrected chi connectivity index (χ0v) is 10.5. The van der Waals surface area contributed by atoms with Crippen LogP contribution in [0.4, 0.5) is 0 Å². The fraction of sp³-hybridized carbons (Fsp3) is 0.300. The Morgan fingerprint density at radius 3 is 2.60 bits per heavy atom. The molecule has 0 amide bonds. The highest BCUT2D eigenvalue weighted by atomic mass is 79.9. The molecule has 0 heterocycles. The van der Waals surface area contributed by atoms with Crippen LogP contribution in [0.25, 0.3) is 0 Å². The lowest BCUT2D eigenvalue weighted by Crippen LogP contribution is -1.98. The molecule has 0 aromatic heterocycles. The number of hydrogen-bond donors (Lipinski definition) is 1. The van der Waals surface area contributed by atoms with Gasteiger partial charge in [0.1, 0.15) is 0 Å². The molecule has 0 fully saturated rings. The fourth-order valence-electron chi connectivity index (χ4n) is 1.14. The van der Waals surface area contributed by atoms with Crippen LogP contribution in [-0.2, 0) is 0 Å². The maximum atomic E-state index is 5.23. The maximum absolute atomic E-state index is 5.23. The van der Waals surface area contributed by atoms with E-state index in [9.17, 15) is 0 Å². The zero-order valence-electron chi connectivity index (χ0n) is 8.87. The van der Waals surface area contributed by atoms with Gasteiger partial charge in [0.25, 0.3) is 0 Å². The minimum atomic E-state index is 0.664. The molecule has 15 heavy (non-hydrogen) atoms. The Kier molecular flexibility index (Phi) is 4.42. The first-order valence-electron chi connectivity index (χ1n) is 4.34. The molecule has 0 bridgehead atoms. The quantitative estimate of drug-likeness (QED) is 0.674. The second-order valence-electron chi connectivity index (χ2n) is 2.69. The molecular formula is C10H13BrN2O2. The molecule has 0 aliphatic rings. The van der Waals surface area contributed by atoms with Crippen LogP contribution >= 0.6 is 15.9 Å². The van der Waals surface area contributed by atoms with Gasteiger partial charge < -0.3 is 14.9 Å². The van der Waals surface area contributed by atoms with Gasteiger partial charge in [-0.1, -0.05) is 0 Å². The number of benzene rings is 1. The Hall–Kier alpha value is -1.23. The molecule has 0 atom stereocenters. The predicted molar refractivity (Wildman–Crippen MR) is 63.9 cm³/mol. The van der Waals surface area contributed by atoms with Crippen molar-refractivity contribution in [2.75, 3.05) is 21.3 Å². The van der Waals surface area contributed by atoms with E-state index in [1.807, 2.05) is 12.1 Å². The molecular weight excluding hydrogens is 260 g/mol. The first kappa shape index (κ1) is 11.8. The van der Waals surface area contributed by atoms with Crippen molar-refractivity contribution in [3.8, 4) is 11.5 Å². The van der Waals surface area contributed by atoms with Crippen molar-refractivity contribution in [3.63, 3.8) is 0 Å². The van der Waals surface area contributed by atoms with Gasteiger partial charge in [-0.2, -0.15) is 5.10 Å². The van der Waals surface area contributed by atoms with E-state index in [1.54, 1.807) is 27.5 Å². The van der Waals surface area contributed by atoms with Crippen LogP contribution in [0, 0.1) is 0 Å². The second kappa shape index (κ2) is 5.60. The van der Waals surface area contributed by atoms with Crippen LogP contribution in [0.15, 0.2) is 21.7 Å². The Balaban J connectivity index is 3.17. The van der Waals surface area contributed by atoms with Crippen molar-refractivity contribution in [1.29, 1.82) is 0 Å². The van der Waals surface area contributed by atoms with Crippen LogP contribution in [0.5, 0.6) is 11.5 Å². The lowest BCUT2D eigenvalue weighted by molar-refractivity contribution is 0.353. The van der Waals surface area contributed by atoms with Gasteiger partial charge in [-0.05, 0) is 28.1 Å². The number of nitrogens with one attached hydrogen (secondary N) is 1. The first-order chi connectivity index (χ1) is 7.24. The summed E-state index contributed by atoms with van der Waals surface area (Å²) in [6.07, 6.45) is 1.70. The molecule has 0 unspecified atom stereocenters. The highest BCUT2D eigenvalue weighted by molar-refractivity contribution is 9.10.